The first-order valence-corrected chi connectivity index (χ1v) is 6.98. The minimum atomic E-state index is -0.382. The molecule has 1 aliphatic rings. The number of hydrogen-bond acceptors (Lipinski definition) is 5. The SMILES string of the molecule is CNCc1cc([N+](=O)[O-])ccc1OCCN1CCCC1. The van der Waals surface area contributed by atoms with Crippen molar-refractivity contribution in [3.8, 4) is 5.75 Å². The van der Waals surface area contributed by atoms with Gasteiger partial charge in [0.25, 0.3) is 5.69 Å². The predicted octanol–water partition coefficient (Wildman–Crippen LogP) is 1.79. The molecule has 1 heterocycles. The molecule has 1 aromatic carbocycles. The van der Waals surface area contributed by atoms with Crippen LogP contribution in [-0.2, 0) is 6.54 Å². The van der Waals surface area contributed by atoms with E-state index in [-0.39, 0.29) is 10.6 Å². The highest BCUT2D eigenvalue weighted by Crippen LogP contribution is 2.24. The molecule has 1 aromatic rings. The van der Waals surface area contributed by atoms with Gasteiger partial charge in [0, 0.05) is 30.8 Å². The summed E-state index contributed by atoms with van der Waals surface area (Å²) in [6, 6.07) is 4.75. The Bertz CT molecular complexity index is 459. The summed E-state index contributed by atoms with van der Waals surface area (Å²) in [6.45, 7) is 4.38. The van der Waals surface area contributed by atoms with Gasteiger partial charge in [0.2, 0.25) is 0 Å². The van der Waals surface area contributed by atoms with Crippen molar-refractivity contribution in [2.75, 3.05) is 33.3 Å². The molecule has 1 aliphatic heterocycles. The first-order valence-electron chi connectivity index (χ1n) is 6.98. The Morgan fingerprint density at radius 1 is 1.40 bits per heavy atom. The van der Waals surface area contributed by atoms with E-state index in [2.05, 4.69) is 10.2 Å². The molecule has 2 rings (SSSR count). The molecule has 0 saturated carbocycles. The summed E-state index contributed by atoms with van der Waals surface area (Å²) in [5, 5.41) is 13.8. The maximum Gasteiger partial charge on any atom is 0.270 e. The number of non-ortho nitro benzene ring substituents is 1. The van der Waals surface area contributed by atoms with Crippen LogP contribution in [0.3, 0.4) is 0 Å². The first-order chi connectivity index (χ1) is 9.70. The minimum Gasteiger partial charge on any atom is -0.492 e. The van der Waals surface area contributed by atoms with Gasteiger partial charge in [-0.15, -0.1) is 0 Å². The molecule has 6 heteroatoms. The fourth-order valence-corrected chi connectivity index (χ4v) is 2.44. The molecule has 0 spiro atoms. The van der Waals surface area contributed by atoms with Crippen molar-refractivity contribution in [3.63, 3.8) is 0 Å². The van der Waals surface area contributed by atoms with Gasteiger partial charge < -0.3 is 10.1 Å². The number of rotatable bonds is 7. The van der Waals surface area contributed by atoms with Crippen molar-refractivity contribution in [1.82, 2.24) is 10.2 Å². The second-order valence-corrected chi connectivity index (χ2v) is 4.98. The molecule has 0 aromatic heterocycles. The molecule has 0 atom stereocenters. The lowest BCUT2D eigenvalue weighted by molar-refractivity contribution is -0.384. The van der Waals surface area contributed by atoms with Crippen molar-refractivity contribution in [3.05, 3.63) is 33.9 Å². The van der Waals surface area contributed by atoms with Crippen LogP contribution in [0.1, 0.15) is 18.4 Å². The average molecular weight is 279 g/mol. The largest absolute Gasteiger partial charge is 0.492 e. The summed E-state index contributed by atoms with van der Waals surface area (Å²) < 4.78 is 5.78. The summed E-state index contributed by atoms with van der Waals surface area (Å²) in [6.07, 6.45) is 2.53. The number of nitro groups is 1. The number of hydrogen-bond donors (Lipinski definition) is 1. The number of benzene rings is 1. The van der Waals surface area contributed by atoms with Crippen molar-refractivity contribution >= 4 is 5.69 Å². The summed E-state index contributed by atoms with van der Waals surface area (Å²) in [7, 11) is 1.81. The molecule has 1 saturated heterocycles. The van der Waals surface area contributed by atoms with E-state index in [1.165, 1.54) is 18.9 Å². The lowest BCUT2D eigenvalue weighted by Gasteiger charge is -2.16. The molecule has 1 N–H and O–H groups in total. The Labute approximate surface area is 118 Å². The molecule has 110 valence electrons. The van der Waals surface area contributed by atoms with Crippen LogP contribution in [0.4, 0.5) is 5.69 Å². The van der Waals surface area contributed by atoms with E-state index in [0.717, 1.165) is 30.9 Å². The molecule has 0 amide bonds. The molecular weight excluding hydrogens is 258 g/mol. The normalized spacial score (nSPS) is 15.4. The lowest BCUT2D eigenvalue weighted by atomic mass is 10.2. The Hall–Kier alpha value is -1.66. The Morgan fingerprint density at radius 3 is 2.80 bits per heavy atom. The van der Waals surface area contributed by atoms with E-state index in [0.29, 0.717) is 13.2 Å². The molecule has 6 nitrogen and oxygen atoms in total. The Balaban J connectivity index is 1.96. The second kappa shape index (κ2) is 7.21. The quantitative estimate of drug-likeness (QED) is 0.609. The highest BCUT2D eigenvalue weighted by Gasteiger charge is 2.13. The number of likely N-dealkylation sites (tertiary alicyclic amines) is 1. The third kappa shape index (κ3) is 3.91. The number of nitrogens with zero attached hydrogens (tertiary/aromatic N) is 2. The van der Waals surface area contributed by atoms with E-state index < -0.39 is 0 Å². The Morgan fingerprint density at radius 2 is 2.15 bits per heavy atom. The smallest absolute Gasteiger partial charge is 0.270 e. The average Bonchev–Trinajstić information content (AvgIpc) is 2.93. The van der Waals surface area contributed by atoms with Gasteiger partial charge in [0.05, 0.1) is 4.92 Å². The highest BCUT2D eigenvalue weighted by atomic mass is 16.6. The summed E-state index contributed by atoms with van der Waals surface area (Å²) in [5.41, 5.74) is 0.922. The van der Waals surface area contributed by atoms with Crippen LogP contribution in [0.15, 0.2) is 18.2 Å². The van der Waals surface area contributed by atoms with E-state index >= 15 is 0 Å². The van der Waals surface area contributed by atoms with Crippen LogP contribution in [0.2, 0.25) is 0 Å². The van der Waals surface area contributed by atoms with Gasteiger partial charge in [-0.3, -0.25) is 15.0 Å². The molecule has 1 fully saturated rings. The van der Waals surface area contributed by atoms with Gasteiger partial charge in [-0.25, -0.2) is 0 Å². The Kier molecular flexibility index (Phi) is 5.31. The van der Waals surface area contributed by atoms with Crippen LogP contribution >= 0.6 is 0 Å². The molecule has 0 unspecified atom stereocenters. The van der Waals surface area contributed by atoms with Crippen LogP contribution in [-0.4, -0.2) is 43.1 Å². The van der Waals surface area contributed by atoms with Gasteiger partial charge in [-0.05, 0) is 39.0 Å². The highest BCUT2D eigenvalue weighted by molar-refractivity contribution is 5.43. The van der Waals surface area contributed by atoms with Crippen molar-refractivity contribution in [2.45, 2.75) is 19.4 Å². The zero-order valence-electron chi connectivity index (χ0n) is 11.8. The fraction of sp³-hybridized carbons (Fsp3) is 0.571. The summed E-state index contributed by atoms with van der Waals surface area (Å²) in [4.78, 5) is 12.8. The molecule has 20 heavy (non-hydrogen) atoms. The van der Waals surface area contributed by atoms with E-state index in [4.69, 9.17) is 4.74 Å². The van der Waals surface area contributed by atoms with Gasteiger partial charge >= 0.3 is 0 Å². The van der Waals surface area contributed by atoms with E-state index in [1.807, 2.05) is 7.05 Å². The number of nitrogens with one attached hydrogen (secondary N) is 1. The zero-order chi connectivity index (χ0) is 14.4. The fourth-order valence-electron chi connectivity index (χ4n) is 2.44. The molecule has 0 radical (unpaired) electrons. The van der Waals surface area contributed by atoms with Crippen molar-refractivity contribution in [1.29, 1.82) is 0 Å². The predicted molar refractivity (Wildman–Crippen MR) is 77.0 cm³/mol. The third-order valence-electron chi connectivity index (χ3n) is 3.49. The summed E-state index contributed by atoms with van der Waals surface area (Å²) >= 11 is 0. The van der Waals surface area contributed by atoms with Crippen molar-refractivity contribution in [2.24, 2.45) is 0 Å². The van der Waals surface area contributed by atoms with Gasteiger partial charge in [-0.1, -0.05) is 0 Å². The topological polar surface area (TPSA) is 67.6 Å². The lowest BCUT2D eigenvalue weighted by Crippen LogP contribution is -2.25. The van der Waals surface area contributed by atoms with Gasteiger partial charge in [0.1, 0.15) is 12.4 Å². The molecule has 0 aliphatic carbocycles. The van der Waals surface area contributed by atoms with E-state index in [9.17, 15) is 10.1 Å². The maximum atomic E-state index is 10.8. The van der Waals surface area contributed by atoms with Gasteiger partial charge in [0.15, 0.2) is 0 Å². The molecular formula is C14H21N3O3. The zero-order valence-corrected chi connectivity index (χ0v) is 11.8. The van der Waals surface area contributed by atoms with Crippen LogP contribution in [0.5, 0.6) is 5.75 Å². The third-order valence-corrected chi connectivity index (χ3v) is 3.49. The molecule has 0 bridgehead atoms. The van der Waals surface area contributed by atoms with Crippen molar-refractivity contribution < 1.29 is 9.66 Å². The first kappa shape index (κ1) is 14.7. The van der Waals surface area contributed by atoms with Crippen LogP contribution in [0.25, 0.3) is 0 Å². The number of nitro benzene ring substituents is 1. The number of ether oxygens (including phenoxy) is 1. The maximum absolute atomic E-state index is 10.8. The van der Waals surface area contributed by atoms with Crippen LogP contribution < -0.4 is 10.1 Å². The van der Waals surface area contributed by atoms with Crippen LogP contribution in [0, 0.1) is 10.1 Å². The van der Waals surface area contributed by atoms with E-state index in [1.54, 1.807) is 12.1 Å². The van der Waals surface area contributed by atoms with Gasteiger partial charge in [-0.2, -0.15) is 0 Å². The second-order valence-electron chi connectivity index (χ2n) is 4.98. The minimum absolute atomic E-state index is 0.0992. The standard InChI is InChI=1S/C14H21N3O3/c1-15-11-12-10-13(17(18)19)4-5-14(12)20-9-8-16-6-2-3-7-16/h4-5,10,15H,2-3,6-9,11H2,1H3. The monoisotopic (exact) mass is 279 g/mol. The summed E-state index contributed by atoms with van der Waals surface area (Å²) in [5.74, 6) is 0.726.